The molecule has 0 amide bonds. The van der Waals surface area contributed by atoms with E-state index in [1.807, 2.05) is 38.5 Å². The van der Waals surface area contributed by atoms with Crippen molar-refractivity contribution in [1.29, 1.82) is 0 Å². The zero-order valence-electron chi connectivity index (χ0n) is 9.28. The molecule has 2 heteroatoms. The first-order valence-electron chi connectivity index (χ1n) is 4.76. The third-order valence-electron chi connectivity index (χ3n) is 1.50. The summed E-state index contributed by atoms with van der Waals surface area (Å²) in [5, 5.41) is 0. The van der Waals surface area contributed by atoms with Crippen molar-refractivity contribution in [1.82, 2.24) is 4.90 Å². The molecular weight excluding hydrogens is 160 g/mol. The Morgan fingerprint density at radius 1 is 1.08 bits per heavy atom. The van der Waals surface area contributed by atoms with Gasteiger partial charge in [-0.1, -0.05) is 13.8 Å². The van der Waals surface area contributed by atoms with E-state index in [1.165, 1.54) is 0 Å². The van der Waals surface area contributed by atoms with Crippen molar-refractivity contribution in [2.75, 3.05) is 0 Å². The minimum absolute atomic E-state index is 0.117. The second-order valence-electron chi connectivity index (χ2n) is 3.53. The Labute approximate surface area is 81.7 Å². The maximum atomic E-state index is 4.08. The Morgan fingerprint density at radius 2 is 1.69 bits per heavy atom. The van der Waals surface area contributed by atoms with E-state index in [9.17, 15) is 0 Å². The van der Waals surface area contributed by atoms with Crippen LogP contribution in [0.5, 0.6) is 0 Å². The molecule has 0 aromatic heterocycles. The maximum Gasteiger partial charge on any atom is 0.0949 e. The van der Waals surface area contributed by atoms with Crippen LogP contribution >= 0.6 is 0 Å². The molecule has 2 nitrogen and oxygen atoms in total. The molecule has 0 atom stereocenters. The summed E-state index contributed by atoms with van der Waals surface area (Å²) in [4.78, 5) is 6.15. The molecule has 0 saturated carbocycles. The summed E-state index contributed by atoms with van der Waals surface area (Å²) in [6.45, 7) is 10.4. The SMILES string of the molecule is CC.CC(C)(C)N1C=CC=CN=C1. The van der Waals surface area contributed by atoms with Gasteiger partial charge in [0.1, 0.15) is 0 Å². The van der Waals surface area contributed by atoms with Gasteiger partial charge in [0.2, 0.25) is 0 Å². The molecule has 0 unspecified atom stereocenters. The first-order chi connectivity index (χ1) is 6.11. The number of hydrogen-bond donors (Lipinski definition) is 0. The number of rotatable bonds is 0. The van der Waals surface area contributed by atoms with Crippen LogP contribution < -0.4 is 0 Å². The summed E-state index contributed by atoms with van der Waals surface area (Å²) in [7, 11) is 0. The molecule has 1 rings (SSSR count). The van der Waals surface area contributed by atoms with Crippen molar-refractivity contribution in [2.45, 2.75) is 40.2 Å². The second kappa shape index (κ2) is 5.57. The Hall–Kier alpha value is -1.05. The standard InChI is InChI=1S/C9H14N2.C2H6/c1-9(2,3)11-7-5-4-6-10-8-11;1-2/h4-8H,1-3H3;1-2H3. The highest BCUT2D eigenvalue weighted by atomic mass is 15.2. The fourth-order valence-corrected chi connectivity index (χ4v) is 0.787. The van der Waals surface area contributed by atoms with Crippen molar-refractivity contribution >= 4 is 6.34 Å². The Morgan fingerprint density at radius 3 is 2.23 bits per heavy atom. The molecule has 1 aliphatic rings. The van der Waals surface area contributed by atoms with E-state index < -0.39 is 0 Å². The van der Waals surface area contributed by atoms with Crippen molar-refractivity contribution in [3.63, 3.8) is 0 Å². The third kappa shape index (κ3) is 4.51. The Balaban J connectivity index is 0.000000671. The molecule has 1 heterocycles. The van der Waals surface area contributed by atoms with Crippen LogP contribution in [0.1, 0.15) is 34.6 Å². The maximum absolute atomic E-state index is 4.08. The average molecular weight is 180 g/mol. The highest BCUT2D eigenvalue weighted by Gasteiger charge is 2.15. The molecule has 0 aromatic carbocycles. The molecule has 0 bridgehead atoms. The van der Waals surface area contributed by atoms with Gasteiger partial charge < -0.3 is 4.90 Å². The lowest BCUT2D eigenvalue weighted by Crippen LogP contribution is -2.35. The fourth-order valence-electron chi connectivity index (χ4n) is 0.787. The van der Waals surface area contributed by atoms with Crippen molar-refractivity contribution in [2.24, 2.45) is 4.99 Å². The average Bonchev–Trinajstić information content (AvgIpc) is 2.34. The first-order valence-corrected chi connectivity index (χ1v) is 4.76. The molecule has 1 aliphatic heterocycles. The van der Waals surface area contributed by atoms with E-state index in [0.29, 0.717) is 0 Å². The molecule has 0 fully saturated rings. The van der Waals surface area contributed by atoms with Gasteiger partial charge in [0, 0.05) is 17.9 Å². The minimum Gasteiger partial charge on any atom is -0.334 e. The quantitative estimate of drug-likeness (QED) is 0.559. The molecule has 74 valence electrons. The monoisotopic (exact) mass is 180 g/mol. The summed E-state index contributed by atoms with van der Waals surface area (Å²) in [5.74, 6) is 0. The van der Waals surface area contributed by atoms with Gasteiger partial charge in [0.15, 0.2) is 0 Å². The van der Waals surface area contributed by atoms with Crippen LogP contribution in [0.3, 0.4) is 0 Å². The van der Waals surface area contributed by atoms with E-state index in [-0.39, 0.29) is 5.54 Å². The molecule has 0 spiro atoms. The van der Waals surface area contributed by atoms with Gasteiger partial charge in [-0.15, -0.1) is 0 Å². The minimum atomic E-state index is 0.117. The molecule has 0 radical (unpaired) electrons. The second-order valence-corrected chi connectivity index (χ2v) is 3.53. The topological polar surface area (TPSA) is 15.6 Å². The van der Waals surface area contributed by atoms with Crippen LogP contribution in [0.2, 0.25) is 0 Å². The van der Waals surface area contributed by atoms with Gasteiger partial charge in [-0.2, -0.15) is 0 Å². The molecular formula is C11H20N2. The summed E-state index contributed by atoms with van der Waals surface area (Å²) in [6, 6.07) is 0. The highest BCUT2D eigenvalue weighted by molar-refractivity contribution is 5.59. The van der Waals surface area contributed by atoms with Gasteiger partial charge in [0.05, 0.1) is 6.34 Å². The largest absolute Gasteiger partial charge is 0.334 e. The summed E-state index contributed by atoms with van der Waals surface area (Å²) in [5.41, 5.74) is 0.117. The van der Waals surface area contributed by atoms with Crippen LogP contribution in [-0.4, -0.2) is 16.8 Å². The van der Waals surface area contributed by atoms with E-state index in [2.05, 4.69) is 30.7 Å². The van der Waals surface area contributed by atoms with Crippen molar-refractivity contribution in [3.8, 4) is 0 Å². The number of allylic oxidation sites excluding steroid dienone is 2. The molecule has 0 aliphatic carbocycles. The normalized spacial score (nSPS) is 15.0. The zero-order valence-corrected chi connectivity index (χ0v) is 9.28. The molecule has 0 saturated heterocycles. The third-order valence-corrected chi connectivity index (χ3v) is 1.50. The fraction of sp³-hybridized carbons (Fsp3) is 0.545. The van der Waals surface area contributed by atoms with Gasteiger partial charge in [-0.3, -0.25) is 0 Å². The van der Waals surface area contributed by atoms with Crippen molar-refractivity contribution < 1.29 is 0 Å². The van der Waals surface area contributed by atoms with Gasteiger partial charge in [-0.25, -0.2) is 4.99 Å². The highest BCUT2D eigenvalue weighted by Crippen LogP contribution is 2.12. The summed E-state index contributed by atoms with van der Waals surface area (Å²) >= 11 is 0. The van der Waals surface area contributed by atoms with E-state index in [0.717, 1.165) is 0 Å². The smallest absolute Gasteiger partial charge is 0.0949 e. The Kier molecular flexibility index (Phi) is 5.12. The molecule has 0 N–H and O–H groups in total. The van der Waals surface area contributed by atoms with Gasteiger partial charge >= 0.3 is 0 Å². The first kappa shape index (κ1) is 11.9. The summed E-state index contributed by atoms with van der Waals surface area (Å²) < 4.78 is 0. The van der Waals surface area contributed by atoms with Crippen LogP contribution in [0.25, 0.3) is 0 Å². The molecule has 0 aromatic rings. The van der Waals surface area contributed by atoms with Crippen LogP contribution in [-0.2, 0) is 0 Å². The van der Waals surface area contributed by atoms with E-state index in [4.69, 9.17) is 0 Å². The number of aliphatic imine (C=N–C) groups is 1. The summed E-state index contributed by atoms with van der Waals surface area (Å²) in [6.07, 6.45) is 9.54. The zero-order chi connectivity index (χ0) is 10.3. The van der Waals surface area contributed by atoms with E-state index in [1.54, 1.807) is 6.20 Å². The van der Waals surface area contributed by atoms with Gasteiger partial charge in [-0.05, 0) is 32.9 Å². The lowest BCUT2D eigenvalue weighted by molar-refractivity contribution is 0.320. The van der Waals surface area contributed by atoms with Crippen LogP contribution in [0.15, 0.2) is 29.5 Å². The van der Waals surface area contributed by atoms with Crippen molar-refractivity contribution in [3.05, 3.63) is 24.6 Å². The van der Waals surface area contributed by atoms with Gasteiger partial charge in [0.25, 0.3) is 0 Å². The van der Waals surface area contributed by atoms with Crippen LogP contribution in [0.4, 0.5) is 0 Å². The Bertz CT molecular complexity index is 191. The number of nitrogens with zero attached hydrogens (tertiary/aromatic N) is 2. The lowest BCUT2D eigenvalue weighted by Gasteiger charge is -2.30. The number of hydrogen-bond acceptors (Lipinski definition) is 2. The van der Waals surface area contributed by atoms with Crippen LogP contribution in [0, 0.1) is 0 Å². The predicted octanol–water partition coefficient (Wildman–Crippen LogP) is 3.18. The lowest BCUT2D eigenvalue weighted by atomic mass is 10.1. The predicted molar refractivity (Wildman–Crippen MR) is 59.7 cm³/mol. The van der Waals surface area contributed by atoms with E-state index >= 15 is 0 Å². The molecule has 13 heavy (non-hydrogen) atoms.